The van der Waals surface area contributed by atoms with Crippen LogP contribution in [0.25, 0.3) is 0 Å². The van der Waals surface area contributed by atoms with Crippen LogP contribution in [0.2, 0.25) is 0 Å². The number of nitrogens with one attached hydrogen (secondary N) is 1. The van der Waals surface area contributed by atoms with Gasteiger partial charge in [0, 0.05) is 11.9 Å². The molecule has 1 atom stereocenters. The molecule has 6 heteroatoms. The third-order valence-corrected chi connectivity index (χ3v) is 3.38. The van der Waals surface area contributed by atoms with Crippen molar-refractivity contribution in [2.24, 2.45) is 5.92 Å². The largest absolute Gasteiger partial charge is 0.412 e. The van der Waals surface area contributed by atoms with E-state index in [0.717, 1.165) is 12.3 Å². The monoisotopic (exact) mass is 332 g/mol. The minimum absolute atomic E-state index is 0. The lowest BCUT2D eigenvalue weighted by Gasteiger charge is -2.20. The van der Waals surface area contributed by atoms with Crippen LogP contribution in [0.4, 0.5) is 0 Å². The van der Waals surface area contributed by atoms with E-state index in [1.807, 2.05) is 20.0 Å². The van der Waals surface area contributed by atoms with Gasteiger partial charge >= 0.3 is 0 Å². The van der Waals surface area contributed by atoms with Crippen LogP contribution in [-0.4, -0.2) is 31.9 Å². The molecule has 0 fully saturated rings. The first-order chi connectivity index (χ1) is 8.80. The molecule has 1 aromatic heterocycles. The van der Waals surface area contributed by atoms with Gasteiger partial charge in [-0.1, -0.05) is 26.0 Å². The highest BCUT2D eigenvalue weighted by Crippen LogP contribution is 2.27. The number of hydrogen-bond acceptors (Lipinski definition) is 1. The summed E-state index contributed by atoms with van der Waals surface area (Å²) in [5, 5.41) is 0. The van der Waals surface area contributed by atoms with Crippen LogP contribution < -0.4 is 0 Å². The fraction of sp³-hybridized carbons (Fsp3) is 0.588. The second-order valence-electron chi connectivity index (χ2n) is 4.64. The highest BCUT2D eigenvalue weighted by Gasteiger charge is 2.14. The highest BCUT2D eigenvalue weighted by molar-refractivity contribution is 5.07. The molecule has 1 aliphatic carbocycles. The number of aromatic amines is 1. The number of nitrogens with zero attached hydrogens (tertiary/aromatic N) is 1. The Morgan fingerprint density at radius 1 is 1.17 bits per heavy atom. The summed E-state index contributed by atoms with van der Waals surface area (Å²) in [6, 6.07) is 0. The first-order valence-electron chi connectivity index (χ1n) is 6.78. The van der Waals surface area contributed by atoms with E-state index < -0.39 is 0 Å². The maximum atomic E-state index is 4.05. The third kappa shape index (κ3) is 13.7. The van der Waals surface area contributed by atoms with Crippen molar-refractivity contribution in [3.63, 3.8) is 0 Å². The zero-order valence-corrected chi connectivity index (χ0v) is 13.8. The van der Waals surface area contributed by atoms with Crippen molar-refractivity contribution in [1.82, 2.24) is 9.97 Å². The lowest BCUT2D eigenvalue weighted by molar-refractivity contribution is 0.459. The summed E-state index contributed by atoms with van der Waals surface area (Å²) in [7, 11) is 0. The van der Waals surface area contributed by atoms with Gasteiger partial charge in [-0.15, -0.1) is 11.8 Å². The van der Waals surface area contributed by atoms with Gasteiger partial charge in [-0.2, -0.15) is 0 Å². The van der Waals surface area contributed by atoms with Crippen molar-refractivity contribution >= 4 is 0 Å². The number of rotatable bonds is 3. The molecule has 0 saturated heterocycles. The van der Waals surface area contributed by atoms with Gasteiger partial charge in [0.1, 0.15) is 0 Å². The molecule has 0 aliphatic heterocycles. The van der Waals surface area contributed by atoms with Gasteiger partial charge in [0.25, 0.3) is 0 Å². The molecule has 9 N–H and O–H groups in total. The molecule has 23 heavy (non-hydrogen) atoms. The van der Waals surface area contributed by atoms with Crippen molar-refractivity contribution in [2.75, 3.05) is 0 Å². The highest BCUT2D eigenvalue weighted by atomic mass is 16.0. The molecule has 138 valence electrons. The van der Waals surface area contributed by atoms with Crippen LogP contribution in [-0.2, 0) is 6.42 Å². The predicted molar refractivity (Wildman–Crippen MR) is 98.3 cm³/mol. The summed E-state index contributed by atoms with van der Waals surface area (Å²) in [5.41, 5.74) is 2.93. The van der Waals surface area contributed by atoms with Gasteiger partial charge in [-0.25, -0.2) is 4.98 Å². The quantitative estimate of drug-likeness (QED) is 0.645. The normalized spacial score (nSPS) is 14.0. The molecular weight excluding hydrogens is 296 g/mol. The first kappa shape index (κ1) is 33.1. The maximum Gasteiger partial charge on any atom is 0.0921 e. The molecule has 1 aromatic rings. The molecule has 0 bridgehead atoms. The van der Waals surface area contributed by atoms with Crippen LogP contribution in [0.3, 0.4) is 0 Å². The molecule has 0 amide bonds. The van der Waals surface area contributed by atoms with E-state index in [2.05, 4.69) is 34.8 Å². The Kier molecular flexibility index (Phi) is 29.3. The molecule has 1 heterocycles. The number of aromatic nitrogens is 2. The summed E-state index contributed by atoms with van der Waals surface area (Å²) in [5.74, 6) is 6.19. The number of hydrogen-bond donors (Lipinski definition) is 1. The Labute approximate surface area is 140 Å². The minimum atomic E-state index is 0. The molecule has 0 saturated carbocycles. The molecule has 1 unspecified atom stereocenters. The standard InChI is InChI=1S/C12H18N2.C4H6.CH4.4H2O/c1-2-10-3-5-11(6-4-10)7-12-8-13-9-14-12;1-3-4-2;;;;;/h3,8-9,11H,2,4-7H2,1H3,(H,13,14);1-2H3;1H4;4*1H2. The molecule has 2 rings (SSSR count). The smallest absolute Gasteiger partial charge is 0.0921 e. The Morgan fingerprint density at radius 2 is 1.78 bits per heavy atom. The van der Waals surface area contributed by atoms with E-state index in [1.165, 1.54) is 31.4 Å². The summed E-state index contributed by atoms with van der Waals surface area (Å²) >= 11 is 0. The topological polar surface area (TPSA) is 155 Å². The molecule has 0 spiro atoms. The fourth-order valence-electron chi connectivity index (χ4n) is 2.16. The van der Waals surface area contributed by atoms with Crippen molar-refractivity contribution in [3.8, 4) is 11.8 Å². The van der Waals surface area contributed by atoms with Gasteiger partial charge < -0.3 is 26.9 Å². The van der Waals surface area contributed by atoms with E-state index in [0.29, 0.717) is 0 Å². The van der Waals surface area contributed by atoms with E-state index in [4.69, 9.17) is 0 Å². The lowest BCUT2D eigenvalue weighted by Crippen LogP contribution is -2.08. The van der Waals surface area contributed by atoms with Crippen LogP contribution >= 0.6 is 0 Å². The van der Waals surface area contributed by atoms with Crippen LogP contribution in [0.1, 0.15) is 59.6 Å². The van der Waals surface area contributed by atoms with E-state index in [1.54, 1.807) is 11.9 Å². The van der Waals surface area contributed by atoms with Gasteiger partial charge in [0.05, 0.1) is 6.33 Å². The van der Waals surface area contributed by atoms with Gasteiger partial charge in [0.2, 0.25) is 0 Å². The van der Waals surface area contributed by atoms with E-state index in [-0.39, 0.29) is 29.3 Å². The predicted octanol–water partition coefficient (Wildman–Crippen LogP) is 1.46. The van der Waals surface area contributed by atoms with Crippen molar-refractivity contribution in [1.29, 1.82) is 0 Å². The van der Waals surface area contributed by atoms with E-state index >= 15 is 0 Å². The third-order valence-electron chi connectivity index (χ3n) is 3.38. The average molecular weight is 332 g/mol. The minimum Gasteiger partial charge on any atom is -0.412 e. The first-order valence-corrected chi connectivity index (χ1v) is 6.78. The Bertz CT molecular complexity index is 414. The Balaban J connectivity index is -0.000000109. The van der Waals surface area contributed by atoms with Crippen molar-refractivity contribution in [2.45, 2.75) is 60.3 Å². The fourth-order valence-corrected chi connectivity index (χ4v) is 2.16. The van der Waals surface area contributed by atoms with Crippen LogP contribution in [0, 0.1) is 17.8 Å². The van der Waals surface area contributed by atoms with Gasteiger partial charge in [0.15, 0.2) is 0 Å². The second-order valence-corrected chi connectivity index (χ2v) is 4.64. The maximum absolute atomic E-state index is 4.05. The molecule has 1 aliphatic rings. The SMILES string of the molecule is C.CC#CC.CCC1=CCC(Cc2cnc[nH]2)CC1.O.O.O.O. The Morgan fingerprint density at radius 3 is 2.13 bits per heavy atom. The lowest BCUT2D eigenvalue weighted by atomic mass is 9.86. The average Bonchev–Trinajstić information content (AvgIpc) is 2.93. The summed E-state index contributed by atoms with van der Waals surface area (Å²) in [4.78, 5) is 7.23. The second kappa shape index (κ2) is 20.3. The van der Waals surface area contributed by atoms with Gasteiger partial charge in [-0.3, -0.25) is 0 Å². The van der Waals surface area contributed by atoms with Crippen LogP contribution in [0.15, 0.2) is 24.2 Å². The Hall–Kier alpha value is -1.65. The number of imidazole rings is 1. The van der Waals surface area contributed by atoms with Crippen molar-refractivity contribution < 1.29 is 21.9 Å². The van der Waals surface area contributed by atoms with Crippen molar-refractivity contribution in [3.05, 3.63) is 29.9 Å². The molecular formula is C17H36N2O4. The molecule has 0 radical (unpaired) electrons. The van der Waals surface area contributed by atoms with Crippen LogP contribution in [0.5, 0.6) is 0 Å². The van der Waals surface area contributed by atoms with Gasteiger partial charge in [-0.05, 0) is 51.9 Å². The summed E-state index contributed by atoms with van der Waals surface area (Å²) in [6.45, 7) is 5.89. The molecule has 0 aromatic carbocycles. The molecule has 6 nitrogen and oxygen atoms in total. The summed E-state index contributed by atoms with van der Waals surface area (Å²) in [6.07, 6.45) is 12.4. The van der Waals surface area contributed by atoms with E-state index in [9.17, 15) is 0 Å². The summed E-state index contributed by atoms with van der Waals surface area (Å²) < 4.78 is 0. The zero-order valence-electron chi connectivity index (χ0n) is 13.8. The number of H-pyrrole nitrogens is 1. The zero-order chi connectivity index (χ0) is 13.2. The number of allylic oxidation sites excluding steroid dienone is 2.